The molecule has 0 unspecified atom stereocenters. The first-order valence-electron chi connectivity index (χ1n) is 8.47. The minimum atomic E-state index is -0.158. The molecule has 1 amide bonds. The smallest absolute Gasteiger partial charge is 0.262 e. The Hall–Kier alpha value is -3.26. The fraction of sp³-hybridized carbons (Fsp3) is 0.158. The van der Waals surface area contributed by atoms with Crippen LogP contribution < -0.4 is 14.9 Å². The van der Waals surface area contributed by atoms with Crippen LogP contribution in [0.25, 0.3) is 11.3 Å². The number of pyridine rings is 1. The van der Waals surface area contributed by atoms with Crippen molar-refractivity contribution in [2.45, 2.75) is 6.92 Å². The Morgan fingerprint density at radius 2 is 2.33 bits per heavy atom. The summed E-state index contributed by atoms with van der Waals surface area (Å²) < 4.78 is 7.23. The Kier molecular flexibility index (Phi) is 4.80. The molecule has 1 aliphatic rings. The van der Waals surface area contributed by atoms with E-state index < -0.39 is 0 Å². The van der Waals surface area contributed by atoms with Crippen LogP contribution in [0.2, 0.25) is 0 Å². The summed E-state index contributed by atoms with van der Waals surface area (Å²) in [6, 6.07) is 9.49. The number of benzene rings is 1. The highest BCUT2D eigenvalue weighted by Gasteiger charge is 2.17. The van der Waals surface area contributed by atoms with Crippen LogP contribution in [0, 0.1) is 0 Å². The van der Waals surface area contributed by atoms with Gasteiger partial charge in [-0.2, -0.15) is 5.10 Å². The SMILES string of the molecule is CCN=c1scc(-c2ccc3c(c2)NC(=O)CO3)n1N=Cc1cccnc1. The number of rotatable bonds is 4. The van der Waals surface area contributed by atoms with Gasteiger partial charge in [0.15, 0.2) is 6.61 Å². The van der Waals surface area contributed by atoms with Crippen molar-refractivity contribution in [3.05, 3.63) is 58.5 Å². The Bertz CT molecular complexity index is 1070. The molecule has 7 nitrogen and oxygen atoms in total. The third-order valence-corrected chi connectivity index (χ3v) is 4.75. The molecule has 3 aromatic rings. The number of thiazole rings is 1. The highest BCUT2D eigenvalue weighted by molar-refractivity contribution is 7.07. The third-order valence-electron chi connectivity index (χ3n) is 3.89. The van der Waals surface area contributed by atoms with Crippen LogP contribution in [0.3, 0.4) is 0 Å². The van der Waals surface area contributed by atoms with Crippen LogP contribution in [0.5, 0.6) is 5.75 Å². The Morgan fingerprint density at radius 1 is 1.41 bits per heavy atom. The predicted octanol–water partition coefficient (Wildman–Crippen LogP) is 2.75. The van der Waals surface area contributed by atoms with Gasteiger partial charge in [0, 0.05) is 35.4 Å². The van der Waals surface area contributed by atoms with E-state index in [1.54, 1.807) is 23.3 Å². The Labute approximate surface area is 159 Å². The lowest BCUT2D eigenvalue weighted by Gasteiger charge is -2.18. The van der Waals surface area contributed by atoms with E-state index in [1.165, 1.54) is 11.3 Å². The second-order valence-corrected chi connectivity index (χ2v) is 6.60. The number of nitrogens with one attached hydrogen (secondary N) is 1. The van der Waals surface area contributed by atoms with E-state index in [0.29, 0.717) is 18.0 Å². The lowest BCUT2D eigenvalue weighted by Crippen LogP contribution is -2.25. The normalized spacial score (nSPS) is 14.1. The van der Waals surface area contributed by atoms with Crippen molar-refractivity contribution >= 4 is 29.1 Å². The molecule has 0 bridgehead atoms. The van der Waals surface area contributed by atoms with E-state index >= 15 is 0 Å². The van der Waals surface area contributed by atoms with Gasteiger partial charge >= 0.3 is 0 Å². The van der Waals surface area contributed by atoms with E-state index in [0.717, 1.165) is 21.6 Å². The molecule has 0 aliphatic carbocycles. The number of ether oxygens (including phenoxy) is 1. The summed E-state index contributed by atoms with van der Waals surface area (Å²) in [7, 11) is 0. The molecule has 136 valence electrons. The van der Waals surface area contributed by atoms with Crippen LogP contribution in [0.4, 0.5) is 5.69 Å². The first-order chi connectivity index (χ1) is 13.2. The number of hydrogen-bond acceptors (Lipinski definition) is 6. The molecular weight excluding hydrogens is 362 g/mol. The largest absolute Gasteiger partial charge is 0.482 e. The molecular formula is C19H17N5O2S. The van der Waals surface area contributed by atoms with Gasteiger partial charge in [-0.3, -0.25) is 14.8 Å². The van der Waals surface area contributed by atoms with Gasteiger partial charge in [-0.05, 0) is 31.2 Å². The average molecular weight is 379 g/mol. The first kappa shape index (κ1) is 17.2. The Morgan fingerprint density at radius 3 is 3.15 bits per heavy atom. The third kappa shape index (κ3) is 3.65. The maximum absolute atomic E-state index is 11.6. The van der Waals surface area contributed by atoms with E-state index in [1.807, 2.05) is 42.6 Å². The molecule has 27 heavy (non-hydrogen) atoms. The van der Waals surface area contributed by atoms with E-state index in [2.05, 4.69) is 20.4 Å². The molecule has 8 heteroatoms. The van der Waals surface area contributed by atoms with Crippen molar-refractivity contribution in [1.82, 2.24) is 9.66 Å². The van der Waals surface area contributed by atoms with Crippen molar-refractivity contribution in [2.24, 2.45) is 10.1 Å². The highest BCUT2D eigenvalue weighted by atomic mass is 32.1. The maximum atomic E-state index is 11.6. The molecule has 0 fully saturated rings. The van der Waals surface area contributed by atoms with Crippen LogP contribution in [0.15, 0.2) is 58.2 Å². The van der Waals surface area contributed by atoms with Gasteiger partial charge in [0.25, 0.3) is 5.91 Å². The molecule has 1 aromatic carbocycles. The van der Waals surface area contributed by atoms with Gasteiger partial charge < -0.3 is 10.1 Å². The number of carbonyl (C=O) groups is 1. The summed E-state index contributed by atoms with van der Waals surface area (Å²) in [5.41, 5.74) is 3.36. The lowest BCUT2D eigenvalue weighted by atomic mass is 10.1. The molecule has 3 heterocycles. The number of anilines is 1. The molecule has 2 aromatic heterocycles. The number of hydrogen-bond donors (Lipinski definition) is 1. The van der Waals surface area contributed by atoms with Crippen LogP contribution >= 0.6 is 11.3 Å². The van der Waals surface area contributed by atoms with Crippen molar-refractivity contribution in [3.63, 3.8) is 0 Å². The van der Waals surface area contributed by atoms with Gasteiger partial charge in [-0.1, -0.05) is 6.07 Å². The van der Waals surface area contributed by atoms with Gasteiger partial charge in [0.2, 0.25) is 4.80 Å². The number of amides is 1. The summed E-state index contributed by atoms with van der Waals surface area (Å²) in [4.78, 5) is 21.0. The molecule has 0 spiro atoms. The van der Waals surface area contributed by atoms with Crippen molar-refractivity contribution in [3.8, 4) is 17.0 Å². The molecule has 0 saturated heterocycles. The predicted molar refractivity (Wildman–Crippen MR) is 105 cm³/mol. The summed E-state index contributed by atoms with van der Waals surface area (Å²) in [6.45, 7) is 2.69. The number of nitrogens with zero attached hydrogens (tertiary/aromatic N) is 4. The standard InChI is InChI=1S/C19H17N5O2S/c1-2-21-19-24(22-10-13-4-3-7-20-9-13)16(12-27-19)14-5-6-17-15(8-14)23-18(25)11-26-17/h3-10,12H,2,11H2,1H3,(H,23,25). The van der Waals surface area contributed by atoms with Crippen LogP contribution in [-0.2, 0) is 4.79 Å². The molecule has 4 rings (SSSR count). The number of aromatic nitrogens is 2. The van der Waals surface area contributed by atoms with Gasteiger partial charge in [-0.25, -0.2) is 4.68 Å². The lowest BCUT2D eigenvalue weighted by molar-refractivity contribution is -0.118. The summed E-state index contributed by atoms with van der Waals surface area (Å²) in [6.07, 6.45) is 5.22. The quantitative estimate of drug-likeness (QED) is 0.708. The average Bonchev–Trinajstić information content (AvgIpc) is 3.09. The second kappa shape index (κ2) is 7.55. The summed E-state index contributed by atoms with van der Waals surface area (Å²) in [5, 5.41) is 9.45. The highest BCUT2D eigenvalue weighted by Crippen LogP contribution is 2.32. The van der Waals surface area contributed by atoms with E-state index in [9.17, 15) is 4.79 Å². The summed E-state index contributed by atoms with van der Waals surface area (Å²) >= 11 is 1.52. The zero-order valence-electron chi connectivity index (χ0n) is 14.6. The zero-order chi connectivity index (χ0) is 18.6. The summed E-state index contributed by atoms with van der Waals surface area (Å²) in [5.74, 6) is 0.506. The van der Waals surface area contributed by atoms with Crippen molar-refractivity contribution in [2.75, 3.05) is 18.5 Å². The molecule has 0 radical (unpaired) electrons. The van der Waals surface area contributed by atoms with Crippen molar-refractivity contribution in [1.29, 1.82) is 0 Å². The van der Waals surface area contributed by atoms with Crippen LogP contribution in [-0.4, -0.2) is 34.9 Å². The fourth-order valence-corrected chi connectivity index (χ4v) is 3.57. The van der Waals surface area contributed by atoms with Crippen molar-refractivity contribution < 1.29 is 9.53 Å². The van der Waals surface area contributed by atoms with Gasteiger partial charge in [-0.15, -0.1) is 11.3 Å². The minimum Gasteiger partial charge on any atom is -0.482 e. The molecule has 1 N–H and O–H groups in total. The number of fused-ring (bicyclic) bond motifs is 1. The zero-order valence-corrected chi connectivity index (χ0v) is 15.4. The maximum Gasteiger partial charge on any atom is 0.262 e. The van der Waals surface area contributed by atoms with Gasteiger partial charge in [0.05, 0.1) is 17.6 Å². The fourth-order valence-electron chi connectivity index (χ4n) is 2.67. The first-order valence-corrected chi connectivity index (χ1v) is 9.35. The van der Waals surface area contributed by atoms with E-state index in [4.69, 9.17) is 4.74 Å². The molecule has 1 aliphatic heterocycles. The Balaban J connectivity index is 1.77. The topological polar surface area (TPSA) is 80.9 Å². The second-order valence-electron chi connectivity index (χ2n) is 5.77. The van der Waals surface area contributed by atoms with E-state index in [-0.39, 0.29) is 12.5 Å². The molecule has 0 saturated carbocycles. The van der Waals surface area contributed by atoms with Crippen LogP contribution in [0.1, 0.15) is 12.5 Å². The van der Waals surface area contributed by atoms with Gasteiger partial charge in [0.1, 0.15) is 5.75 Å². The molecule has 0 atom stereocenters. The minimum absolute atomic E-state index is 0.0414. The number of carbonyl (C=O) groups excluding carboxylic acids is 1. The monoisotopic (exact) mass is 379 g/mol.